The van der Waals surface area contributed by atoms with Crippen LogP contribution in [0.5, 0.6) is 0 Å². The molecular weight excluding hydrogens is 210 g/mol. The van der Waals surface area contributed by atoms with Crippen molar-refractivity contribution in [2.75, 3.05) is 31.6 Å². The maximum absolute atomic E-state index is 5.69. The third-order valence-electron chi connectivity index (χ3n) is 4.30. The first-order chi connectivity index (χ1) is 8.29. The Hall–Kier alpha value is -1.06. The van der Waals surface area contributed by atoms with Crippen LogP contribution in [-0.4, -0.2) is 43.7 Å². The summed E-state index contributed by atoms with van der Waals surface area (Å²) in [6.45, 7) is 3.08. The molecule has 2 bridgehead atoms. The summed E-state index contributed by atoms with van der Waals surface area (Å²) >= 11 is 0. The largest absolute Gasteiger partial charge is 0.368 e. The van der Waals surface area contributed by atoms with E-state index in [0.717, 1.165) is 25.0 Å². The van der Waals surface area contributed by atoms with Gasteiger partial charge in [-0.2, -0.15) is 0 Å². The smallest absolute Gasteiger partial charge is 0.0400 e. The Morgan fingerprint density at radius 3 is 2.59 bits per heavy atom. The first-order valence-electron chi connectivity index (χ1n) is 6.54. The fourth-order valence-corrected chi connectivity index (χ4v) is 3.18. The van der Waals surface area contributed by atoms with Crippen molar-refractivity contribution in [1.82, 2.24) is 4.90 Å². The van der Waals surface area contributed by atoms with Crippen LogP contribution in [0.25, 0.3) is 0 Å². The molecule has 0 saturated carbocycles. The first kappa shape index (κ1) is 11.1. The van der Waals surface area contributed by atoms with E-state index in [-0.39, 0.29) is 0 Å². The molecule has 2 unspecified atom stereocenters. The van der Waals surface area contributed by atoms with Crippen LogP contribution in [0.2, 0.25) is 0 Å². The predicted molar refractivity (Wildman–Crippen MR) is 71.4 cm³/mol. The number of fused-ring (bicyclic) bond motifs is 2. The SMILES string of the molecule is CN1C2CC1CN(c1ccccc1CCN)C2. The van der Waals surface area contributed by atoms with Crippen LogP contribution in [0, 0.1) is 0 Å². The van der Waals surface area contributed by atoms with Crippen molar-refractivity contribution >= 4 is 5.69 Å². The molecule has 3 aliphatic heterocycles. The molecule has 1 aromatic carbocycles. The number of hydrogen-bond donors (Lipinski definition) is 1. The van der Waals surface area contributed by atoms with Gasteiger partial charge in [-0.05, 0) is 38.1 Å². The van der Waals surface area contributed by atoms with Gasteiger partial charge in [0.05, 0.1) is 0 Å². The van der Waals surface area contributed by atoms with Gasteiger partial charge in [0.2, 0.25) is 0 Å². The summed E-state index contributed by atoms with van der Waals surface area (Å²) in [5, 5.41) is 0. The number of piperazine rings is 1. The van der Waals surface area contributed by atoms with Crippen molar-refractivity contribution in [1.29, 1.82) is 0 Å². The summed E-state index contributed by atoms with van der Waals surface area (Å²) < 4.78 is 0. The lowest BCUT2D eigenvalue weighted by molar-refractivity contribution is 0.0263. The zero-order chi connectivity index (χ0) is 11.8. The van der Waals surface area contributed by atoms with E-state index >= 15 is 0 Å². The highest BCUT2D eigenvalue weighted by Crippen LogP contribution is 2.34. The molecule has 3 fully saturated rings. The number of para-hydroxylation sites is 1. The fourth-order valence-electron chi connectivity index (χ4n) is 3.18. The summed E-state index contributed by atoms with van der Waals surface area (Å²) in [6.07, 6.45) is 2.36. The van der Waals surface area contributed by atoms with E-state index in [1.165, 1.54) is 30.8 Å². The molecule has 92 valence electrons. The molecule has 0 radical (unpaired) electrons. The minimum Gasteiger partial charge on any atom is -0.368 e. The van der Waals surface area contributed by atoms with E-state index in [0.29, 0.717) is 0 Å². The Bertz CT molecular complexity index is 392. The minimum absolute atomic E-state index is 0.734. The highest BCUT2D eigenvalue weighted by Gasteiger charge is 2.42. The molecule has 3 heteroatoms. The van der Waals surface area contributed by atoms with E-state index in [2.05, 4.69) is 41.1 Å². The van der Waals surface area contributed by atoms with E-state index in [1.54, 1.807) is 0 Å². The zero-order valence-corrected chi connectivity index (χ0v) is 10.5. The van der Waals surface area contributed by atoms with Gasteiger partial charge >= 0.3 is 0 Å². The Kier molecular flexibility index (Phi) is 2.81. The topological polar surface area (TPSA) is 32.5 Å². The molecule has 0 aromatic heterocycles. The van der Waals surface area contributed by atoms with Crippen molar-refractivity contribution in [3.05, 3.63) is 29.8 Å². The molecule has 3 nitrogen and oxygen atoms in total. The van der Waals surface area contributed by atoms with Gasteiger partial charge < -0.3 is 10.6 Å². The van der Waals surface area contributed by atoms with Crippen LogP contribution in [0.4, 0.5) is 5.69 Å². The molecular formula is C14H21N3. The van der Waals surface area contributed by atoms with Gasteiger partial charge in [-0.15, -0.1) is 0 Å². The molecule has 4 rings (SSSR count). The molecule has 0 aliphatic carbocycles. The summed E-state index contributed by atoms with van der Waals surface area (Å²) in [6, 6.07) is 10.2. The van der Waals surface area contributed by atoms with Gasteiger partial charge in [0, 0.05) is 30.9 Å². The number of benzene rings is 1. The lowest BCUT2D eigenvalue weighted by Crippen LogP contribution is -2.67. The van der Waals surface area contributed by atoms with Crippen LogP contribution in [0.3, 0.4) is 0 Å². The monoisotopic (exact) mass is 231 g/mol. The van der Waals surface area contributed by atoms with Crippen LogP contribution >= 0.6 is 0 Å². The summed E-state index contributed by atoms with van der Waals surface area (Å²) in [7, 11) is 2.25. The maximum Gasteiger partial charge on any atom is 0.0400 e. The lowest BCUT2D eigenvalue weighted by atomic mass is 9.87. The van der Waals surface area contributed by atoms with Crippen molar-refractivity contribution in [2.45, 2.75) is 24.9 Å². The van der Waals surface area contributed by atoms with E-state index in [1.807, 2.05) is 0 Å². The molecule has 2 atom stereocenters. The molecule has 0 spiro atoms. The zero-order valence-electron chi connectivity index (χ0n) is 10.5. The van der Waals surface area contributed by atoms with E-state index in [9.17, 15) is 0 Å². The second-order valence-corrected chi connectivity index (χ2v) is 5.28. The van der Waals surface area contributed by atoms with Crippen LogP contribution in [-0.2, 0) is 6.42 Å². The maximum atomic E-state index is 5.69. The third kappa shape index (κ3) is 1.83. The standard InChI is InChI=1S/C14H21N3/c1-16-12-8-13(16)10-17(9-12)14-5-3-2-4-11(14)6-7-15/h2-5,12-13H,6-10,15H2,1H3. The van der Waals surface area contributed by atoms with Gasteiger partial charge in [-0.3, -0.25) is 4.90 Å². The number of nitrogens with zero attached hydrogens (tertiary/aromatic N) is 2. The molecule has 0 amide bonds. The number of nitrogens with two attached hydrogens (primary N) is 1. The average Bonchev–Trinajstić information content (AvgIpc) is 2.39. The molecule has 3 heterocycles. The second kappa shape index (κ2) is 4.31. The van der Waals surface area contributed by atoms with Crippen molar-refractivity contribution in [3.63, 3.8) is 0 Å². The number of anilines is 1. The van der Waals surface area contributed by atoms with E-state index < -0.39 is 0 Å². The minimum atomic E-state index is 0.734. The van der Waals surface area contributed by atoms with Crippen molar-refractivity contribution in [3.8, 4) is 0 Å². The van der Waals surface area contributed by atoms with Gasteiger partial charge in [-0.1, -0.05) is 18.2 Å². The molecule has 17 heavy (non-hydrogen) atoms. The lowest BCUT2D eigenvalue weighted by Gasteiger charge is -2.55. The van der Waals surface area contributed by atoms with E-state index in [4.69, 9.17) is 5.73 Å². The van der Waals surface area contributed by atoms with Crippen molar-refractivity contribution in [2.24, 2.45) is 5.73 Å². The fraction of sp³-hybridized carbons (Fsp3) is 0.571. The molecule has 1 aromatic rings. The third-order valence-corrected chi connectivity index (χ3v) is 4.30. The highest BCUT2D eigenvalue weighted by atomic mass is 15.3. The molecule has 3 saturated heterocycles. The van der Waals surface area contributed by atoms with Crippen LogP contribution < -0.4 is 10.6 Å². The summed E-state index contributed by atoms with van der Waals surface area (Å²) in [5.41, 5.74) is 8.50. The number of hydrogen-bond acceptors (Lipinski definition) is 3. The Morgan fingerprint density at radius 2 is 1.94 bits per heavy atom. The summed E-state index contributed by atoms with van der Waals surface area (Å²) in [5.74, 6) is 0. The molecule has 2 N–H and O–H groups in total. The predicted octanol–water partition coefficient (Wildman–Crippen LogP) is 1.08. The Morgan fingerprint density at radius 1 is 1.24 bits per heavy atom. The second-order valence-electron chi connectivity index (χ2n) is 5.28. The normalized spacial score (nSPS) is 28.0. The van der Waals surface area contributed by atoms with Crippen LogP contribution in [0.1, 0.15) is 12.0 Å². The summed E-state index contributed by atoms with van der Waals surface area (Å²) in [4.78, 5) is 5.06. The quantitative estimate of drug-likeness (QED) is 0.845. The number of piperidine rings is 1. The van der Waals surface area contributed by atoms with Gasteiger partial charge in [0.1, 0.15) is 0 Å². The number of rotatable bonds is 3. The number of likely N-dealkylation sites (N-methyl/N-ethyl adjacent to an activating group) is 1. The van der Waals surface area contributed by atoms with Crippen molar-refractivity contribution < 1.29 is 0 Å². The van der Waals surface area contributed by atoms with Gasteiger partial charge in [0.15, 0.2) is 0 Å². The Labute approximate surface area is 103 Å². The average molecular weight is 231 g/mol. The van der Waals surface area contributed by atoms with Gasteiger partial charge in [0.25, 0.3) is 0 Å². The highest BCUT2D eigenvalue weighted by molar-refractivity contribution is 5.55. The van der Waals surface area contributed by atoms with Gasteiger partial charge in [-0.25, -0.2) is 0 Å². The molecule has 3 aliphatic rings. The van der Waals surface area contributed by atoms with Crippen LogP contribution in [0.15, 0.2) is 24.3 Å². The Balaban J connectivity index is 1.80. The first-order valence-corrected chi connectivity index (χ1v) is 6.54.